The van der Waals surface area contributed by atoms with Crippen LogP contribution in [-0.4, -0.2) is 16.1 Å². The quantitative estimate of drug-likeness (QED) is 0.762. The minimum absolute atomic E-state index is 0.102. The highest BCUT2D eigenvalue weighted by Crippen LogP contribution is 2.18. The first kappa shape index (κ1) is 10.3. The van der Waals surface area contributed by atoms with Crippen LogP contribution in [0.3, 0.4) is 0 Å². The Balaban J connectivity index is 2.92. The number of aromatic nitrogens is 1. The fourth-order valence-corrected chi connectivity index (χ4v) is 1.51. The molecule has 4 nitrogen and oxygen atoms in total. The zero-order chi connectivity index (χ0) is 10.7. The van der Waals surface area contributed by atoms with Crippen molar-refractivity contribution in [2.45, 2.75) is 26.7 Å². The largest absolute Gasteiger partial charge is 0.481 e. The number of nitriles is 1. The third kappa shape index (κ3) is 1.94. The molecule has 0 aromatic carbocycles. The minimum Gasteiger partial charge on any atom is -0.481 e. The molecule has 74 valence electrons. The zero-order valence-corrected chi connectivity index (χ0v) is 8.22. The van der Waals surface area contributed by atoms with Crippen molar-refractivity contribution in [3.05, 3.63) is 22.5 Å². The normalized spacial score (nSPS) is 9.79. The van der Waals surface area contributed by atoms with Crippen LogP contribution in [0.5, 0.6) is 0 Å². The Labute approximate surface area is 82.2 Å². The maximum Gasteiger partial charge on any atom is 0.303 e. The first-order valence-electron chi connectivity index (χ1n) is 4.36. The molecule has 0 radical (unpaired) electrons. The molecule has 1 aromatic heterocycles. The monoisotopic (exact) mass is 192 g/mol. The fourth-order valence-electron chi connectivity index (χ4n) is 1.51. The maximum atomic E-state index is 10.4. The number of nitrogens with zero attached hydrogens (tertiary/aromatic N) is 1. The molecule has 0 fully saturated rings. The summed E-state index contributed by atoms with van der Waals surface area (Å²) in [6, 6.07) is 2.04. The molecule has 0 saturated carbocycles. The number of carboxylic acids is 1. The summed E-state index contributed by atoms with van der Waals surface area (Å²) in [5, 5.41) is 17.3. The van der Waals surface area contributed by atoms with Gasteiger partial charge in [0.25, 0.3) is 0 Å². The Morgan fingerprint density at radius 1 is 1.57 bits per heavy atom. The van der Waals surface area contributed by atoms with E-state index in [1.54, 1.807) is 0 Å². The summed E-state index contributed by atoms with van der Waals surface area (Å²) in [6.45, 7) is 3.68. The number of carbonyl (C=O) groups is 1. The molecule has 0 aliphatic carbocycles. The van der Waals surface area contributed by atoms with Crippen LogP contribution in [-0.2, 0) is 11.2 Å². The van der Waals surface area contributed by atoms with E-state index in [0.29, 0.717) is 12.1 Å². The number of carboxylic acid groups (broad SMARTS) is 1. The maximum absolute atomic E-state index is 10.4. The summed E-state index contributed by atoms with van der Waals surface area (Å²) in [5.74, 6) is -0.816. The number of aromatic amines is 1. The van der Waals surface area contributed by atoms with E-state index < -0.39 is 5.97 Å². The van der Waals surface area contributed by atoms with Gasteiger partial charge in [-0.05, 0) is 31.4 Å². The highest BCUT2D eigenvalue weighted by atomic mass is 16.4. The van der Waals surface area contributed by atoms with Crippen LogP contribution in [0.1, 0.15) is 28.9 Å². The Hall–Kier alpha value is -1.76. The SMILES string of the molecule is Cc1[nH]c(C#N)c(C)c1CCC(=O)O. The van der Waals surface area contributed by atoms with Crippen LogP contribution in [0.4, 0.5) is 0 Å². The molecule has 0 aliphatic rings. The third-order valence-corrected chi connectivity index (χ3v) is 2.29. The molecule has 0 unspecified atom stereocenters. The molecule has 0 spiro atoms. The Morgan fingerprint density at radius 2 is 2.21 bits per heavy atom. The second kappa shape index (κ2) is 3.97. The van der Waals surface area contributed by atoms with Gasteiger partial charge in [-0.1, -0.05) is 0 Å². The first-order valence-corrected chi connectivity index (χ1v) is 4.36. The molecular formula is C10H12N2O2. The highest BCUT2D eigenvalue weighted by Gasteiger charge is 2.11. The average molecular weight is 192 g/mol. The number of nitrogens with one attached hydrogen (secondary N) is 1. The van der Waals surface area contributed by atoms with Crippen LogP contribution in [0.15, 0.2) is 0 Å². The van der Waals surface area contributed by atoms with Crippen molar-refractivity contribution >= 4 is 5.97 Å². The molecule has 0 aliphatic heterocycles. The second-order valence-corrected chi connectivity index (χ2v) is 3.23. The molecule has 4 heteroatoms. The summed E-state index contributed by atoms with van der Waals surface area (Å²) in [4.78, 5) is 13.3. The van der Waals surface area contributed by atoms with E-state index in [-0.39, 0.29) is 6.42 Å². The van der Waals surface area contributed by atoms with Gasteiger partial charge in [0.05, 0.1) is 0 Å². The van der Waals surface area contributed by atoms with E-state index >= 15 is 0 Å². The van der Waals surface area contributed by atoms with Crippen molar-refractivity contribution in [1.82, 2.24) is 4.98 Å². The van der Waals surface area contributed by atoms with E-state index in [9.17, 15) is 4.79 Å². The predicted octanol–water partition coefficient (Wildman–Crippen LogP) is 1.52. The van der Waals surface area contributed by atoms with Gasteiger partial charge < -0.3 is 10.1 Å². The first-order chi connectivity index (χ1) is 6.56. The van der Waals surface area contributed by atoms with Gasteiger partial charge in [-0.2, -0.15) is 5.26 Å². The van der Waals surface area contributed by atoms with Crippen molar-refractivity contribution in [1.29, 1.82) is 5.26 Å². The van der Waals surface area contributed by atoms with Crippen LogP contribution in [0, 0.1) is 25.2 Å². The van der Waals surface area contributed by atoms with Crippen LogP contribution in [0.2, 0.25) is 0 Å². The lowest BCUT2D eigenvalue weighted by Gasteiger charge is -1.98. The molecule has 1 heterocycles. The van der Waals surface area contributed by atoms with Gasteiger partial charge in [0, 0.05) is 12.1 Å². The van der Waals surface area contributed by atoms with Gasteiger partial charge in [0.2, 0.25) is 0 Å². The topological polar surface area (TPSA) is 76.9 Å². The summed E-state index contributed by atoms with van der Waals surface area (Å²) in [5.41, 5.74) is 3.23. The van der Waals surface area contributed by atoms with E-state index in [1.807, 2.05) is 19.9 Å². The molecule has 1 rings (SSSR count). The summed E-state index contributed by atoms with van der Waals surface area (Å²) in [6.07, 6.45) is 0.579. The molecule has 0 saturated heterocycles. The van der Waals surface area contributed by atoms with Crippen molar-refractivity contribution in [3.8, 4) is 6.07 Å². The van der Waals surface area contributed by atoms with E-state index in [1.165, 1.54) is 0 Å². The standard InChI is InChI=1S/C10H12N2O2/c1-6-8(3-4-10(13)14)7(2)12-9(6)5-11/h12H,3-4H2,1-2H3,(H,13,14). The fraction of sp³-hybridized carbons (Fsp3) is 0.400. The molecule has 0 atom stereocenters. The average Bonchev–Trinajstić information content (AvgIpc) is 2.39. The van der Waals surface area contributed by atoms with Crippen molar-refractivity contribution < 1.29 is 9.90 Å². The second-order valence-electron chi connectivity index (χ2n) is 3.23. The van der Waals surface area contributed by atoms with Gasteiger partial charge in [-0.25, -0.2) is 0 Å². The van der Waals surface area contributed by atoms with Crippen molar-refractivity contribution in [2.24, 2.45) is 0 Å². The van der Waals surface area contributed by atoms with E-state index in [2.05, 4.69) is 4.98 Å². The smallest absolute Gasteiger partial charge is 0.303 e. The van der Waals surface area contributed by atoms with Crippen molar-refractivity contribution in [3.63, 3.8) is 0 Å². The minimum atomic E-state index is -0.816. The Morgan fingerprint density at radius 3 is 2.64 bits per heavy atom. The number of aliphatic carboxylic acids is 1. The lowest BCUT2D eigenvalue weighted by Crippen LogP contribution is -1.98. The summed E-state index contributed by atoms with van der Waals surface area (Å²) in [7, 11) is 0. The summed E-state index contributed by atoms with van der Waals surface area (Å²) < 4.78 is 0. The van der Waals surface area contributed by atoms with Gasteiger partial charge >= 0.3 is 5.97 Å². The van der Waals surface area contributed by atoms with E-state index in [4.69, 9.17) is 10.4 Å². The number of H-pyrrole nitrogens is 1. The van der Waals surface area contributed by atoms with E-state index in [0.717, 1.165) is 16.8 Å². The third-order valence-electron chi connectivity index (χ3n) is 2.29. The lowest BCUT2D eigenvalue weighted by atomic mass is 10.1. The van der Waals surface area contributed by atoms with Crippen LogP contribution < -0.4 is 0 Å². The van der Waals surface area contributed by atoms with Gasteiger partial charge in [0.1, 0.15) is 11.8 Å². The lowest BCUT2D eigenvalue weighted by molar-refractivity contribution is -0.136. The summed E-state index contributed by atoms with van der Waals surface area (Å²) >= 11 is 0. The Bertz CT molecular complexity index is 399. The molecule has 1 aromatic rings. The molecular weight excluding hydrogens is 180 g/mol. The van der Waals surface area contributed by atoms with Gasteiger partial charge in [0.15, 0.2) is 0 Å². The number of hydrogen-bond donors (Lipinski definition) is 2. The van der Waals surface area contributed by atoms with Gasteiger partial charge in [-0.3, -0.25) is 4.79 Å². The molecule has 0 amide bonds. The molecule has 0 bridgehead atoms. The highest BCUT2D eigenvalue weighted by molar-refractivity contribution is 5.67. The zero-order valence-electron chi connectivity index (χ0n) is 8.22. The number of rotatable bonds is 3. The number of aryl methyl sites for hydroxylation is 1. The molecule has 2 N–H and O–H groups in total. The number of hydrogen-bond acceptors (Lipinski definition) is 2. The van der Waals surface area contributed by atoms with Crippen LogP contribution in [0.25, 0.3) is 0 Å². The van der Waals surface area contributed by atoms with Gasteiger partial charge in [-0.15, -0.1) is 0 Å². The molecule has 14 heavy (non-hydrogen) atoms. The Kier molecular flexibility index (Phi) is 2.92. The predicted molar refractivity (Wildman–Crippen MR) is 50.9 cm³/mol. The van der Waals surface area contributed by atoms with Crippen molar-refractivity contribution in [2.75, 3.05) is 0 Å². The van der Waals surface area contributed by atoms with Crippen LogP contribution >= 0.6 is 0 Å².